The maximum absolute atomic E-state index is 8.33. The van der Waals surface area contributed by atoms with Crippen molar-refractivity contribution in [2.24, 2.45) is 16.5 Å². The molecule has 0 aromatic rings. The fraction of sp³-hybridized carbons (Fsp3) is 0.700. The molecule has 0 aliphatic heterocycles. The zero-order valence-corrected chi connectivity index (χ0v) is 11.0. The SMILES string of the molecule is CN(CCCCCCSC(=N)N)C(N)=NC#N. The van der Waals surface area contributed by atoms with Crippen LogP contribution in [-0.2, 0) is 0 Å². The van der Waals surface area contributed by atoms with E-state index in [1.165, 1.54) is 11.8 Å². The fourth-order valence-corrected chi connectivity index (χ4v) is 1.81. The summed E-state index contributed by atoms with van der Waals surface area (Å²) < 4.78 is 0. The number of rotatable bonds is 7. The normalized spacial score (nSPS) is 10.9. The number of amidine groups is 1. The molecule has 0 rings (SSSR count). The Hall–Kier alpha value is -1.42. The number of unbranched alkanes of at least 4 members (excludes halogenated alkanes) is 3. The van der Waals surface area contributed by atoms with Gasteiger partial charge < -0.3 is 16.4 Å². The minimum Gasteiger partial charge on any atom is -0.379 e. The van der Waals surface area contributed by atoms with Gasteiger partial charge in [-0.1, -0.05) is 24.6 Å². The summed E-state index contributed by atoms with van der Waals surface area (Å²) in [6.07, 6.45) is 5.96. The van der Waals surface area contributed by atoms with Gasteiger partial charge in [0, 0.05) is 19.3 Å². The highest BCUT2D eigenvalue weighted by Gasteiger charge is 2.00. The molecule has 0 atom stereocenters. The van der Waals surface area contributed by atoms with Crippen molar-refractivity contribution < 1.29 is 0 Å². The zero-order valence-electron chi connectivity index (χ0n) is 10.1. The first-order valence-corrected chi connectivity index (χ1v) is 6.46. The molecule has 0 saturated heterocycles. The van der Waals surface area contributed by atoms with E-state index in [0.717, 1.165) is 38.0 Å². The van der Waals surface area contributed by atoms with Gasteiger partial charge in [-0.25, -0.2) is 0 Å². The molecule has 0 spiro atoms. The standard InChI is InChI=1S/C10H20N6S/c1-16(10(14)15-8-11)6-4-2-3-5-7-17-9(12)13/h2-7H2,1H3,(H3,12,13)(H2,14,15). The zero-order chi connectivity index (χ0) is 13.1. The quantitative estimate of drug-likeness (QED) is 0.271. The molecular weight excluding hydrogens is 236 g/mol. The highest BCUT2D eigenvalue weighted by molar-refractivity contribution is 8.13. The average molecular weight is 256 g/mol. The number of aliphatic imine (C=N–C) groups is 1. The molecule has 0 radical (unpaired) electrons. The van der Waals surface area contributed by atoms with E-state index in [4.69, 9.17) is 22.1 Å². The van der Waals surface area contributed by atoms with E-state index in [9.17, 15) is 0 Å². The van der Waals surface area contributed by atoms with Crippen molar-refractivity contribution in [2.45, 2.75) is 25.7 Å². The van der Waals surface area contributed by atoms with Crippen LogP contribution in [0.4, 0.5) is 0 Å². The highest BCUT2D eigenvalue weighted by Crippen LogP contribution is 2.07. The lowest BCUT2D eigenvalue weighted by atomic mass is 10.2. The summed E-state index contributed by atoms with van der Waals surface area (Å²) in [5.74, 6) is 1.17. The van der Waals surface area contributed by atoms with E-state index in [1.807, 2.05) is 7.05 Å². The molecule has 0 amide bonds. The minimum atomic E-state index is 0.185. The number of hydrogen-bond donors (Lipinski definition) is 3. The van der Waals surface area contributed by atoms with Crippen LogP contribution in [0.25, 0.3) is 0 Å². The molecule has 0 aromatic heterocycles. The van der Waals surface area contributed by atoms with Crippen LogP contribution in [0.2, 0.25) is 0 Å². The van der Waals surface area contributed by atoms with Crippen molar-refractivity contribution in [2.75, 3.05) is 19.3 Å². The van der Waals surface area contributed by atoms with Gasteiger partial charge in [-0.3, -0.25) is 5.41 Å². The van der Waals surface area contributed by atoms with Crippen molar-refractivity contribution in [3.8, 4) is 6.19 Å². The van der Waals surface area contributed by atoms with E-state index >= 15 is 0 Å². The van der Waals surface area contributed by atoms with E-state index in [2.05, 4.69) is 4.99 Å². The van der Waals surface area contributed by atoms with Gasteiger partial charge in [0.15, 0.2) is 5.17 Å². The molecular formula is C10H20N6S. The number of nitrogens with one attached hydrogen (secondary N) is 1. The third kappa shape index (κ3) is 9.51. The molecule has 7 heteroatoms. The van der Waals surface area contributed by atoms with Crippen molar-refractivity contribution >= 4 is 22.9 Å². The third-order valence-corrected chi connectivity index (χ3v) is 3.00. The number of nitrogens with two attached hydrogens (primary N) is 2. The predicted octanol–water partition coefficient (Wildman–Crippen LogP) is 0.901. The molecule has 0 saturated carbocycles. The van der Waals surface area contributed by atoms with E-state index < -0.39 is 0 Å². The van der Waals surface area contributed by atoms with Gasteiger partial charge in [0.05, 0.1) is 0 Å². The molecule has 5 N–H and O–H groups in total. The Morgan fingerprint density at radius 3 is 2.59 bits per heavy atom. The first kappa shape index (κ1) is 15.6. The Labute approximate surface area is 107 Å². The molecule has 17 heavy (non-hydrogen) atoms. The van der Waals surface area contributed by atoms with Crippen LogP contribution in [-0.4, -0.2) is 35.4 Å². The Bertz CT molecular complexity index is 296. The predicted molar refractivity (Wildman–Crippen MR) is 72.7 cm³/mol. The second kappa shape index (κ2) is 9.78. The van der Waals surface area contributed by atoms with Gasteiger partial charge in [0.1, 0.15) is 0 Å². The van der Waals surface area contributed by atoms with Gasteiger partial charge in [-0.05, 0) is 12.8 Å². The molecule has 0 heterocycles. The third-order valence-electron chi connectivity index (χ3n) is 2.20. The number of nitriles is 1. The van der Waals surface area contributed by atoms with E-state index in [-0.39, 0.29) is 11.1 Å². The number of guanidine groups is 1. The molecule has 96 valence electrons. The Morgan fingerprint density at radius 1 is 1.35 bits per heavy atom. The fourth-order valence-electron chi connectivity index (χ4n) is 1.24. The van der Waals surface area contributed by atoms with Gasteiger partial charge >= 0.3 is 0 Å². The summed E-state index contributed by atoms with van der Waals surface area (Å²) in [5, 5.41) is 15.5. The highest BCUT2D eigenvalue weighted by atomic mass is 32.2. The first-order chi connectivity index (χ1) is 8.07. The molecule has 0 unspecified atom stereocenters. The van der Waals surface area contributed by atoms with Gasteiger partial charge in [0.2, 0.25) is 12.2 Å². The monoisotopic (exact) mass is 256 g/mol. The Balaban J connectivity index is 3.43. The van der Waals surface area contributed by atoms with Crippen LogP contribution in [0.15, 0.2) is 4.99 Å². The van der Waals surface area contributed by atoms with Crippen LogP contribution in [0.1, 0.15) is 25.7 Å². The summed E-state index contributed by atoms with van der Waals surface area (Å²) in [4.78, 5) is 5.23. The number of nitrogens with zero attached hydrogens (tertiary/aromatic N) is 3. The molecule has 0 aliphatic carbocycles. The molecule has 0 fully saturated rings. The summed E-state index contributed by atoms with van der Waals surface area (Å²) in [6, 6.07) is 0. The average Bonchev–Trinajstić information content (AvgIpc) is 2.27. The lowest BCUT2D eigenvalue weighted by molar-refractivity contribution is 0.467. The van der Waals surface area contributed by atoms with Crippen LogP contribution < -0.4 is 11.5 Å². The molecule has 0 aromatic carbocycles. The number of hydrogen-bond acceptors (Lipinski definition) is 4. The summed E-state index contributed by atoms with van der Waals surface area (Å²) in [7, 11) is 1.82. The van der Waals surface area contributed by atoms with Gasteiger partial charge in [-0.15, -0.1) is 4.99 Å². The topological polar surface area (TPSA) is 115 Å². The van der Waals surface area contributed by atoms with Crippen LogP contribution in [0.5, 0.6) is 0 Å². The maximum atomic E-state index is 8.33. The number of thioether (sulfide) groups is 1. The first-order valence-electron chi connectivity index (χ1n) is 5.48. The van der Waals surface area contributed by atoms with Gasteiger partial charge in [-0.2, -0.15) is 5.26 Å². The van der Waals surface area contributed by atoms with E-state index in [1.54, 1.807) is 11.1 Å². The summed E-state index contributed by atoms with van der Waals surface area (Å²) in [5.41, 5.74) is 10.8. The van der Waals surface area contributed by atoms with Crippen molar-refractivity contribution in [3.63, 3.8) is 0 Å². The Morgan fingerprint density at radius 2 is 2.00 bits per heavy atom. The second-order valence-electron chi connectivity index (χ2n) is 3.62. The van der Waals surface area contributed by atoms with Crippen molar-refractivity contribution in [3.05, 3.63) is 0 Å². The van der Waals surface area contributed by atoms with Crippen LogP contribution >= 0.6 is 11.8 Å². The molecule has 0 aliphatic rings. The van der Waals surface area contributed by atoms with Crippen LogP contribution in [0.3, 0.4) is 0 Å². The van der Waals surface area contributed by atoms with Gasteiger partial charge in [0.25, 0.3) is 0 Å². The van der Waals surface area contributed by atoms with E-state index in [0.29, 0.717) is 0 Å². The molecule has 0 bridgehead atoms. The lowest BCUT2D eigenvalue weighted by Gasteiger charge is -2.16. The van der Waals surface area contributed by atoms with Crippen molar-refractivity contribution in [1.82, 2.24) is 4.90 Å². The largest absolute Gasteiger partial charge is 0.379 e. The smallest absolute Gasteiger partial charge is 0.209 e. The minimum absolute atomic E-state index is 0.185. The maximum Gasteiger partial charge on any atom is 0.209 e. The summed E-state index contributed by atoms with van der Waals surface area (Å²) >= 11 is 1.38. The Kier molecular flexibility index (Phi) is 8.96. The molecule has 6 nitrogen and oxygen atoms in total. The van der Waals surface area contributed by atoms with Crippen molar-refractivity contribution in [1.29, 1.82) is 10.7 Å². The second-order valence-corrected chi connectivity index (χ2v) is 4.76. The van der Waals surface area contributed by atoms with Crippen LogP contribution in [0, 0.1) is 16.9 Å². The lowest BCUT2D eigenvalue weighted by Crippen LogP contribution is -2.34. The summed E-state index contributed by atoms with van der Waals surface area (Å²) in [6.45, 7) is 0.802.